The monoisotopic (exact) mass is 485 g/mol. The van der Waals surface area contributed by atoms with Gasteiger partial charge in [-0.05, 0) is 42.5 Å². The third kappa shape index (κ3) is 5.12. The number of hydrogen-bond donors (Lipinski definition) is 1. The molecule has 0 aromatic heterocycles. The molecule has 4 rings (SSSR count). The van der Waals surface area contributed by atoms with Gasteiger partial charge in [-0.3, -0.25) is 24.6 Å². The number of nitrogens with zero attached hydrogens (tertiary/aromatic N) is 2. The van der Waals surface area contributed by atoms with Gasteiger partial charge in [0.05, 0.1) is 12.1 Å². The van der Waals surface area contributed by atoms with Crippen molar-refractivity contribution in [2.75, 3.05) is 11.5 Å². The van der Waals surface area contributed by atoms with Gasteiger partial charge in [-0.2, -0.15) is 0 Å². The summed E-state index contributed by atoms with van der Waals surface area (Å²) in [6.07, 6.45) is 3.30. The van der Waals surface area contributed by atoms with Crippen LogP contribution in [0.15, 0.2) is 78.9 Å². The minimum absolute atomic E-state index is 0.248. The number of anilines is 1. The van der Waals surface area contributed by atoms with Crippen LogP contribution in [0.3, 0.4) is 0 Å². The van der Waals surface area contributed by atoms with Crippen LogP contribution < -0.4 is 15.1 Å². The van der Waals surface area contributed by atoms with Crippen LogP contribution in [-0.4, -0.2) is 41.3 Å². The van der Waals surface area contributed by atoms with Crippen LogP contribution in [0.2, 0.25) is 0 Å². The van der Waals surface area contributed by atoms with Gasteiger partial charge in [0.2, 0.25) is 5.91 Å². The van der Waals surface area contributed by atoms with Crippen molar-refractivity contribution in [2.24, 2.45) is 0 Å². The molecule has 3 aromatic carbocycles. The van der Waals surface area contributed by atoms with E-state index in [1.54, 1.807) is 25.1 Å². The number of carbonyl (C=O) groups is 4. The Hall–Kier alpha value is -4.46. The predicted molar refractivity (Wildman–Crippen MR) is 136 cm³/mol. The van der Waals surface area contributed by atoms with E-state index in [2.05, 4.69) is 5.43 Å². The third-order valence-corrected chi connectivity index (χ3v) is 5.94. The molecular formula is C28H27N3O5. The summed E-state index contributed by atoms with van der Waals surface area (Å²) in [6.45, 7) is 3.27. The van der Waals surface area contributed by atoms with Gasteiger partial charge in [-0.1, -0.05) is 61.5 Å². The van der Waals surface area contributed by atoms with Crippen LogP contribution in [0.1, 0.15) is 25.8 Å². The first-order chi connectivity index (χ1) is 17.4. The lowest BCUT2D eigenvalue weighted by molar-refractivity contribution is -0.144. The first kappa shape index (κ1) is 24.7. The fourth-order valence-corrected chi connectivity index (χ4v) is 4.11. The molecule has 3 aromatic rings. The lowest BCUT2D eigenvalue weighted by atomic mass is 10.1. The minimum atomic E-state index is -1.17. The maximum absolute atomic E-state index is 13.2. The number of ether oxygens (including phenoxy) is 1. The second-order valence-corrected chi connectivity index (χ2v) is 8.32. The van der Waals surface area contributed by atoms with Crippen molar-refractivity contribution >= 4 is 40.1 Å². The highest BCUT2D eigenvalue weighted by Crippen LogP contribution is 2.27. The highest BCUT2D eigenvalue weighted by Gasteiger charge is 2.45. The summed E-state index contributed by atoms with van der Waals surface area (Å²) in [4.78, 5) is 52.6. The lowest BCUT2D eigenvalue weighted by Gasteiger charge is -2.27. The van der Waals surface area contributed by atoms with Gasteiger partial charge < -0.3 is 4.74 Å². The fraction of sp³-hybridized carbons (Fsp3) is 0.214. The molecule has 1 unspecified atom stereocenters. The van der Waals surface area contributed by atoms with Crippen molar-refractivity contribution < 1.29 is 23.9 Å². The number of carbonyl (C=O) groups excluding carboxylic acids is 4. The largest absolute Gasteiger partial charge is 0.483 e. The first-order valence-corrected chi connectivity index (χ1v) is 11.7. The zero-order valence-electron chi connectivity index (χ0n) is 20.1. The molecule has 1 aliphatic rings. The van der Waals surface area contributed by atoms with E-state index in [0.717, 1.165) is 32.7 Å². The minimum Gasteiger partial charge on any atom is -0.483 e. The summed E-state index contributed by atoms with van der Waals surface area (Å²) < 4.78 is 5.71. The molecule has 1 fully saturated rings. The van der Waals surface area contributed by atoms with Crippen molar-refractivity contribution in [1.82, 2.24) is 10.4 Å². The van der Waals surface area contributed by atoms with Crippen LogP contribution in [-0.2, 0) is 25.6 Å². The molecular weight excluding hydrogens is 458 g/mol. The smallest absolute Gasteiger partial charge is 0.276 e. The number of hydrogen-bond acceptors (Lipinski definition) is 5. The van der Waals surface area contributed by atoms with Crippen LogP contribution >= 0.6 is 0 Å². The highest BCUT2D eigenvalue weighted by molar-refractivity contribution is 6.23. The van der Waals surface area contributed by atoms with Crippen LogP contribution in [0.25, 0.3) is 10.8 Å². The zero-order valence-corrected chi connectivity index (χ0v) is 20.1. The van der Waals surface area contributed by atoms with Gasteiger partial charge in [-0.25, -0.2) is 9.91 Å². The number of fused-ring (bicyclic) bond motifs is 1. The molecule has 0 saturated carbocycles. The standard InChI is InChI=1S/C28H27N3O5/c1-3-8-26(33)31(23-17-27(34)30(28(23)35)21-15-13-19(4-2)14-16-21)29-25(32)18-36-24-12-7-10-20-9-5-6-11-22(20)24/h3,5-16,23H,4,17-18H2,1-2H3,(H,29,32). The van der Waals surface area contributed by atoms with Crippen molar-refractivity contribution in [3.63, 3.8) is 0 Å². The number of hydrazine groups is 1. The summed E-state index contributed by atoms with van der Waals surface area (Å²) in [6, 6.07) is 19.0. The van der Waals surface area contributed by atoms with E-state index in [1.165, 1.54) is 12.2 Å². The molecule has 1 saturated heterocycles. The zero-order chi connectivity index (χ0) is 25.7. The Labute approximate surface area is 209 Å². The molecule has 0 spiro atoms. The highest BCUT2D eigenvalue weighted by atomic mass is 16.5. The third-order valence-electron chi connectivity index (χ3n) is 5.94. The number of rotatable bonds is 7. The average Bonchev–Trinajstić information content (AvgIpc) is 3.19. The Morgan fingerprint density at radius 2 is 1.78 bits per heavy atom. The van der Waals surface area contributed by atoms with Crippen molar-refractivity contribution in [3.05, 3.63) is 84.4 Å². The van der Waals surface area contributed by atoms with Gasteiger partial charge >= 0.3 is 0 Å². The maximum atomic E-state index is 13.2. The quantitative estimate of drug-likeness (QED) is 0.314. The fourth-order valence-electron chi connectivity index (χ4n) is 4.11. The van der Waals surface area contributed by atoms with Gasteiger partial charge in [0, 0.05) is 11.5 Å². The number of allylic oxidation sites excluding steroid dienone is 1. The second kappa shape index (κ2) is 10.9. The Morgan fingerprint density at radius 3 is 2.50 bits per heavy atom. The topological polar surface area (TPSA) is 96.0 Å². The summed E-state index contributed by atoms with van der Waals surface area (Å²) in [7, 11) is 0. The van der Waals surface area contributed by atoms with E-state index < -0.39 is 29.7 Å². The summed E-state index contributed by atoms with van der Waals surface area (Å²) in [5.74, 6) is -1.77. The van der Waals surface area contributed by atoms with E-state index in [4.69, 9.17) is 4.74 Å². The lowest BCUT2D eigenvalue weighted by Crippen LogP contribution is -2.55. The molecule has 184 valence electrons. The molecule has 0 aliphatic carbocycles. The molecule has 1 heterocycles. The second-order valence-electron chi connectivity index (χ2n) is 8.32. The van der Waals surface area contributed by atoms with E-state index >= 15 is 0 Å². The average molecular weight is 486 g/mol. The molecule has 8 heteroatoms. The number of benzene rings is 3. The van der Waals surface area contributed by atoms with Gasteiger partial charge in [0.1, 0.15) is 11.8 Å². The summed E-state index contributed by atoms with van der Waals surface area (Å²) in [5.41, 5.74) is 3.96. The molecule has 4 amide bonds. The molecule has 0 radical (unpaired) electrons. The van der Waals surface area contributed by atoms with Crippen LogP contribution in [0, 0.1) is 0 Å². The van der Waals surface area contributed by atoms with Crippen molar-refractivity contribution in [3.8, 4) is 5.75 Å². The van der Waals surface area contributed by atoms with Gasteiger partial charge in [-0.15, -0.1) is 0 Å². The number of amides is 4. The van der Waals surface area contributed by atoms with Crippen LogP contribution in [0.4, 0.5) is 5.69 Å². The van der Waals surface area contributed by atoms with Crippen molar-refractivity contribution in [1.29, 1.82) is 0 Å². The molecule has 1 N–H and O–H groups in total. The van der Waals surface area contributed by atoms with Gasteiger partial charge in [0.25, 0.3) is 17.7 Å². The van der Waals surface area contributed by atoms with Crippen LogP contribution in [0.5, 0.6) is 5.75 Å². The SMILES string of the molecule is CC=CC(=O)N(NC(=O)COc1cccc2ccccc12)C1CC(=O)N(c2ccc(CC)cc2)C1=O. The molecule has 0 bridgehead atoms. The number of aryl methyl sites for hydroxylation is 1. The maximum Gasteiger partial charge on any atom is 0.276 e. The number of nitrogens with one attached hydrogen (secondary N) is 1. The molecule has 1 atom stereocenters. The Bertz CT molecular complexity index is 1330. The van der Waals surface area contributed by atoms with E-state index in [0.29, 0.717) is 11.4 Å². The first-order valence-electron chi connectivity index (χ1n) is 11.7. The Kier molecular flexibility index (Phi) is 7.44. The normalized spacial score (nSPS) is 15.5. The van der Waals surface area contributed by atoms with E-state index in [-0.39, 0.29) is 13.0 Å². The number of imide groups is 1. The van der Waals surface area contributed by atoms with E-state index in [9.17, 15) is 19.2 Å². The molecule has 36 heavy (non-hydrogen) atoms. The summed E-state index contributed by atoms with van der Waals surface area (Å²) in [5, 5.41) is 2.72. The Balaban J connectivity index is 1.50. The molecule has 1 aliphatic heterocycles. The molecule has 8 nitrogen and oxygen atoms in total. The predicted octanol–water partition coefficient (Wildman–Crippen LogP) is 3.55. The van der Waals surface area contributed by atoms with Crippen molar-refractivity contribution in [2.45, 2.75) is 32.7 Å². The summed E-state index contributed by atoms with van der Waals surface area (Å²) >= 11 is 0. The van der Waals surface area contributed by atoms with Gasteiger partial charge in [0.15, 0.2) is 6.61 Å². The Morgan fingerprint density at radius 1 is 1.06 bits per heavy atom. The van der Waals surface area contributed by atoms with E-state index in [1.807, 2.05) is 55.5 Å².